The molecule has 0 saturated carbocycles. The summed E-state index contributed by atoms with van der Waals surface area (Å²) in [7, 11) is 0. The Balaban J connectivity index is 2.24. The summed E-state index contributed by atoms with van der Waals surface area (Å²) in [5.74, 6) is -2.44. The lowest BCUT2D eigenvalue weighted by Crippen LogP contribution is -2.22. The predicted molar refractivity (Wildman–Crippen MR) is 77.3 cm³/mol. The number of carbonyl (C=O) groups excluding carboxylic acids is 2. The summed E-state index contributed by atoms with van der Waals surface area (Å²) in [5.41, 5.74) is 0.615. The van der Waals surface area contributed by atoms with Crippen molar-refractivity contribution in [1.82, 2.24) is 4.98 Å². The lowest BCUT2D eigenvalue weighted by molar-refractivity contribution is 0.0830. The maximum absolute atomic E-state index is 12.3. The molecule has 0 aromatic carbocycles. The molecule has 0 aliphatic rings. The molecule has 0 bridgehead atoms. The Morgan fingerprint density at radius 2 is 2.24 bits per heavy atom. The molecule has 5 nitrogen and oxygen atoms in total. The van der Waals surface area contributed by atoms with Crippen molar-refractivity contribution in [3.8, 4) is 6.07 Å². The van der Waals surface area contributed by atoms with Crippen molar-refractivity contribution in [2.75, 3.05) is 0 Å². The van der Waals surface area contributed by atoms with Gasteiger partial charge in [-0.1, -0.05) is 6.92 Å². The molecule has 0 unspecified atom stereocenters. The van der Waals surface area contributed by atoms with E-state index in [9.17, 15) is 14.9 Å². The first-order chi connectivity index (χ1) is 10.1. The number of hydrogen-bond acceptors (Lipinski definition) is 6. The highest BCUT2D eigenvalue weighted by Gasteiger charge is 2.32. The second kappa shape index (κ2) is 6.46. The fourth-order valence-electron chi connectivity index (χ4n) is 1.89. The lowest BCUT2D eigenvalue weighted by atomic mass is 9.97. The minimum absolute atomic E-state index is 0.0631. The molecule has 2 heterocycles. The number of furan rings is 1. The van der Waals surface area contributed by atoms with Crippen molar-refractivity contribution >= 4 is 22.9 Å². The van der Waals surface area contributed by atoms with E-state index in [0.717, 1.165) is 17.8 Å². The minimum atomic E-state index is -1.38. The zero-order valence-corrected chi connectivity index (χ0v) is 12.6. The molecule has 0 amide bonds. The quantitative estimate of drug-likeness (QED) is 0.604. The highest BCUT2D eigenvalue weighted by Crippen LogP contribution is 2.22. The average Bonchev–Trinajstić information content (AvgIpc) is 3.08. The molecule has 2 aromatic heterocycles. The van der Waals surface area contributed by atoms with Crippen molar-refractivity contribution in [3.63, 3.8) is 0 Å². The molecule has 1 atom stereocenters. The number of Topliss-reactive ketones (excluding diaryl/α,β-unsaturated/α-hetero) is 2. The van der Waals surface area contributed by atoms with Crippen LogP contribution in [-0.4, -0.2) is 16.6 Å². The second-order valence-corrected chi connectivity index (χ2v) is 5.71. The lowest BCUT2D eigenvalue weighted by Gasteiger charge is -2.04. The van der Waals surface area contributed by atoms with Gasteiger partial charge in [-0.05, 0) is 31.4 Å². The molecular formula is C15H14N2O3S. The van der Waals surface area contributed by atoms with E-state index in [0.29, 0.717) is 10.4 Å². The Kier molecular flexibility index (Phi) is 4.66. The number of thiazole rings is 1. The predicted octanol–water partition coefficient (Wildman–Crippen LogP) is 3.20. The Morgan fingerprint density at radius 1 is 1.48 bits per heavy atom. The number of hydrogen-bond donors (Lipinski definition) is 0. The third-order valence-electron chi connectivity index (χ3n) is 3.00. The van der Waals surface area contributed by atoms with E-state index in [1.54, 1.807) is 19.1 Å². The van der Waals surface area contributed by atoms with Crippen LogP contribution in [0.4, 0.5) is 0 Å². The Hall–Kier alpha value is -2.26. The monoisotopic (exact) mass is 302 g/mol. The molecule has 2 rings (SSSR count). The molecule has 0 spiro atoms. The topological polar surface area (TPSA) is 84.0 Å². The van der Waals surface area contributed by atoms with Gasteiger partial charge in [0, 0.05) is 6.20 Å². The number of rotatable bonds is 6. The van der Waals surface area contributed by atoms with Crippen LogP contribution >= 0.6 is 11.3 Å². The Labute approximate surface area is 126 Å². The summed E-state index contributed by atoms with van der Waals surface area (Å²) in [6.07, 6.45) is 4.51. The molecule has 21 heavy (non-hydrogen) atoms. The summed E-state index contributed by atoms with van der Waals surface area (Å²) in [4.78, 5) is 29.1. The van der Waals surface area contributed by atoms with E-state index in [2.05, 4.69) is 4.98 Å². The van der Waals surface area contributed by atoms with Crippen molar-refractivity contribution in [3.05, 3.63) is 39.7 Å². The van der Waals surface area contributed by atoms with Crippen LogP contribution in [0.3, 0.4) is 0 Å². The van der Waals surface area contributed by atoms with Crippen LogP contribution in [0.15, 0.2) is 22.9 Å². The third kappa shape index (κ3) is 3.09. The largest absolute Gasteiger partial charge is 0.461 e. The van der Waals surface area contributed by atoms with E-state index in [4.69, 9.17) is 4.42 Å². The first-order valence-electron chi connectivity index (χ1n) is 6.55. The van der Waals surface area contributed by atoms with Gasteiger partial charge >= 0.3 is 0 Å². The van der Waals surface area contributed by atoms with Crippen LogP contribution in [-0.2, 0) is 6.42 Å². The fraction of sp³-hybridized carbons (Fsp3) is 0.333. The number of ketones is 2. The van der Waals surface area contributed by atoms with Crippen molar-refractivity contribution < 1.29 is 14.0 Å². The molecule has 0 aliphatic heterocycles. The third-order valence-corrected chi connectivity index (χ3v) is 4.07. The van der Waals surface area contributed by atoms with Crippen LogP contribution in [0.1, 0.15) is 44.1 Å². The maximum atomic E-state index is 12.3. The number of aromatic nitrogens is 1. The molecule has 6 heteroatoms. The first kappa shape index (κ1) is 15.1. The van der Waals surface area contributed by atoms with Crippen LogP contribution in [0.5, 0.6) is 0 Å². The van der Waals surface area contributed by atoms with Gasteiger partial charge in [0.05, 0.1) is 22.2 Å². The number of nitriles is 1. The van der Waals surface area contributed by atoms with Gasteiger partial charge in [-0.25, -0.2) is 4.98 Å². The maximum Gasteiger partial charge on any atom is 0.223 e. The molecule has 0 fully saturated rings. The fourth-order valence-corrected chi connectivity index (χ4v) is 2.88. The van der Waals surface area contributed by atoms with Gasteiger partial charge in [-0.3, -0.25) is 9.59 Å². The highest BCUT2D eigenvalue weighted by molar-refractivity contribution is 7.13. The van der Waals surface area contributed by atoms with Gasteiger partial charge in [-0.15, -0.1) is 11.3 Å². The number of nitrogens with zero attached hydrogens (tertiary/aromatic N) is 2. The number of carbonyl (C=O) groups is 2. The summed E-state index contributed by atoms with van der Waals surface area (Å²) < 4.78 is 5.07. The van der Waals surface area contributed by atoms with Gasteiger partial charge < -0.3 is 4.42 Å². The summed E-state index contributed by atoms with van der Waals surface area (Å²) in [6, 6.07) is 3.40. The van der Waals surface area contributed by atoms with Crippen LogP contribution in [0.2, 0.25) is 0 Å². The molecule has 0 saturated heterocycles. The average molecular weight is 302 g/mol. The standard InChI is InChI=1S/C15H14N2O3S/c1-3-4-12-17-8-11(21-12)13(18)10(7-16)14(19)15-9(2)5-6-20-15/h5-6,8,10H,3-4H2,1-2H3/t10-/m1/s1. The van der Waals surface area contributed by atoms with E-state index in [-0.39, 0.29) is 5.76 Å². The Bertz CT molecular complexity index is 709. The van der Waals surface area contributed by atoms with Crippen molar-refractivity contribution in [1.29, 1.82) is 5.26 Å². The first-order valence-corrected chi connectivity index (χ1v) is 7.37. The van der Waals surface area contributed by atoms with Gasteiger partial charge in [0.1, 0.15) is 0 Å². The summed E-state index contributed by atoms with van der Waals surface area (Å²) in [5, 5.41) is 10.0. The van der Waals surface area contributed by atoms with E-state index in [1.807, 2.05) is 6.92 Å². The van der Waals surface area contributed by atoms with Crippen LogP contribution in [0, 0.1) is 24.2 Å². The van der Waals surface area contributed by atoms with E-state index in [1.165, 1.54) is 23.8 Å². The van der Waals surface area contributed by atoms with Crippen molar-refractivity contribution in [2.45, 2.75) is 26.7 Å². The zero-order chi connectivity index (χ0) is 15.4. The minimum Gasteiger partial charge on any atom is -0.461 e. The van der Waals surface area contributed by atoms with Crippen LogP contribution in [0.25, 0.3) is 0 Å². The smallest absolute Gasteiger partial charge is 0.223 e. The van der Waals surface area contributed by atoms with Crippen molar-refractivity contribution in [2.24, 2.45) is 5.92 Å². The zero-order valence-electron chi connectivity index (χ0n) is 11.8. The van der Waals surface area contributed by atoms with Gasteiger partial charge in [0.2, 0.25) is 5.78 Å². The van der Waals surface area contributed by atoms with E-state index >= 15 is 0 Å². The molecule has 108 valence electrons. The molecule has 0 aliphatic carbocycles. The van der Waals surface area contributed by atoms with Gasteiger partial charge in [0.15, 0.2) is 17.5 Å². The second-order valence-electron chi connectivity index (χ2n) is 4.59. The van der Waals surface area contributed by atoms with Gasteiger partial charge in [-0.2, -0.15) is 5.26 Å². The molecule has 2 aromatic rings. The van der Waals surface area contributed by atoms with Gasteiger partial charge in [0.25, 0.3) is 0 Å². The highest BCUT2D eigenvalue weighted by atomic mass is 32.1. The summed E-state index contributed by atoms with van der Waals surface area (Å²) in [6.45, 7) is 3.71. The SMILES string of the molecule is CCCc1ncc(C(=O)[C@@H](C#N)C(=O)c2occc2C)s1. The van der Waals surface area contributed by atoms with Crippen LogP contribution < -0.4 is 0 Å². The normalized spacial score (nSPS) is 11.9. The Morgan fingerprint density at radius 3 is 2.81 bits per heavy atom. The van der Waals surface area contributed by atoms with E-state index < -0.39 is 17.5 Å². The summed E-state index contributed by atoms with van der Waals surface area (Å²) >= 11 is 1.23. The number of aryl methyl sites for hydroxylation is 2. The molecule has 0 N–H and O–H groups in total. The molecule has 0 radical (unpaired) electrons. The molecular weight excluding hydrogens is 288 g/mol.